The molecule has 1 fully saturated rings. The zero-order valence-corrected chi connectivity index (χ0v) is 15.2. The average molecular weight is 347 g/mol. The van der Waals surface area contributed by atoms with Gasteiger partial charge in [-0.05, 0) is 37.3 Å². The quantitative estimate of drug-likeness (QED) is 0.820. The van der Waals surface area contributed by atoms with Crippen LogP contribution in [-0.2, 0) is 10.0 Å². The molecule has 1 heterocycles. The predicted octanol–water partition coefficient (Wildman–Crippen LogP) is 4.05. The molecule has 0 amide bonds. The lowest BCUT2D eigenvalue weighted by molar-refractivity contribution is 0.281. The summed E-state index contributed by atoms with van der Waals surface area (Å²) in [6, 6.07) is 11.1. The highest BCUT2D eigenvalue weighted by Gasteiger charge is 2.30. The van der Waals surface area contributed by atoms with Gasteiger partial charge in [-0.15, -0.1) is 0 Å². The third-order valence-corrected chi connectivity index (χ3v) is 6.47. The topological polar surface area (TPSA) is 46.6 Å². The average Bonchev–Trinajstić information content (AvgIpc) is 2.59. The van der Waals surface area contributed by atoms with Crippen LogP contribution >= 0.6 is 0 Å². The Hall–Kier alpha value is -1.59. The molecule has 0 unspecified atom stereocenters. The van der Waals surface area contributed by atoms with Crippen LogP contribution in [0.1, 0.15) is 33.1 Å². The molecule has 24 heavy (non-hydrogen) atoms. The van der Waals surface area contributed by atoms with E-state index in [0.29, 0.717) is 30.5 Å². The minimum Gasteiger partial charge on any atom is -0.493 e. The van der Waals surface area contributed by atoms with Crippen LogP contribution in [0.25, 0.3) is 10.8 Å². The molecule has 1 atom stereocenters. The number of ether oxygens (including phenoxy) is 1. The van der Waals surface area contributed by atoms with Crippen LogP contribution in [0.5, 0.6) is 5.75 Å². The van der Waals surface area contributed by atoms with Gasteiger partial charge in [-0.3, -0.25) is 0 Å². The second-order valence-electron chi connectivity index (χ2n) is 6.57. The van der Waals surface area contributed by atoms with E-state index in [2.05, 4.69) is 13.8 Å². The smallest absolute Gasteiger partial charge is 0.243 e. The fourth-order valence-electron chi connectivity index (χ4n) is 3.31. The zero-order valence-electron chi connectivity index (χ0n) is 14.4. The summed E-state index contributed by atoms with van der Waals surface area (Å²) in [5.74, 6) is 1.16. The first kappa shape index (κ1) is 17.2. The molecule has 0 aliphatic carbocycles. The van der Waals surface area contributed by atoms with Crippen LogP contribution in [0.2, 0.25) is 0 Å². The van der Waals surface area contributed by atoms with Gasteiger partial charge in [0, 0.05) is 23.9 Å². The van der Waals surface area contributed by atoms with Crippen molar-refractivity contribution >= 4 is 20.8 Å². The van der Waals surface area contributed by atoms with Gasteiger partial charge >= 0.3 is 0 Å². The molecule has 0 saturated carbocycles. The lowest BCUT2D eigenvalue weighted by Gasteiger charge is -2.30. The number of fused-ring (bicyclic) bond motifs is 1. The van der Waals surface area contributed by atoms with Crippen molar-refractivity contribution in [2.45, 2.75) is 38.0 Å². The molecule has 1 aliphatic heterocycles. The van der Waals surface area contributed by atoms with E-state index in [1.807, 2.05) is 24.3 Å². The van der Waals surface area contributed by atoms with Crippen LogP contribution < -0.4 is 4.74 Å². The standard InChI is InChI=1S/C19H25NO3S/c1-3-13-23-18-10-11-19(17-9-5-4-8-16(17)18)24(21,22)20-12-6-7-15(2)14-20/h4-5,8-11,15H,3,6-7,12-14H2,1-2H3/t15-/m1/s1. The number of rotatable bonds is 5. The van der Waals surface area contributed by atoms with Crippen LogP contribution in [0.4, 0.5) is 0 Å². The van der Waals surface area contributed by atoms with Gasteiger partial charge in [0.25, 0.3) is 0 Å². The van der Waals surface area contributed by atoms with Crippen molar-refractivity contribution in [3.05, 3.63) is 36.4 Å². The molecule has 0 N–H and O–H groups in total. The van der Waals surface area contributed by atoms with Crippen LogP contribution in [0.15, 0.2) is 41.3 Å². The van der Waals surface area contributed by atoms with Gasteiger partial charge in [-0.1, -0.05) is 38.1 Å². The molecule has 5 heteroatoms. The zero-order chi connectivity index (χ0) is 17.2. The van der Waals surface area contributed by atoms with Crippen molar-refractivity contribution in [3.8, 4) is 5.75 Å². The summed E-state index contributed by atoms with van der Waals surface area (Å²) in [6.07, 6.45) is 2.94. The van der Waals surface area contributed by atoms with Crippen molar-refractivity contribution in [2.24, 2.45) is 5.92 Å². The van der Waals surface area contributed by atoms with Gasteiger partial charge in [0.1, 0.15) is 5.75 Å². The van der Waals surface area contributed by atoms with E-state index in [4.69, 9.17) is 4.74 Å². The third-order valence-electron chi connectivity index (χ3n) is 4.54. The van der Waals surface area contributed by atoms with Gasteiger partial charge in [0.15, 0.2) is 0 Å². The van der Waals surface area contributed by atoms with Crippen LogP contribution in [0.3, 0.4) is 0 Å². The number of hydrogen-bond donors (Lipinski definition) is 0. The van der Waals surface area contributed by atoms with Gasteiger partial charge in [-0.25, -0.2) is 8.42 Å². The summed E-state index contributed by atoms with van der Waals surface area (Å²) in [5.41, 5.74) is 0. The maximum Gasteiger partial charge on any atom is 0.243 e. The molecule has 2 aromatic carbocycles. The van der Waals surface area contributed by atoms with Crippen molar-refractivity contribution in [1.82, 2.24) is 4.31 Å². The summed E-state index contributed by atoms with van der Waals surface area (Å²) >= 11 is 0. The van der Waals surface area contributed by atoms with E-state index in [-0.39, 0.29) is 0 Å². The first-order valence-corrected chi connectivity index (χ1v) is 10.1. The molecule has 4 nitrogen and oxygen atoms in total. The lowest BCUT2D eigenvalue weighted by Crippen LogP contribution is -2.39. The Kier molecular flexibility index (Phi) is 5.11. The Labute approximate surface area is 144 Å². The number of hydrogen-bond acceptors (Lipinski definition) is 3. The number of nitrogens with zero attached hydrogens (tertiary/aromatic N) is 1. The minimum absolute atomic E-state index is 0.385. The third kappa shape index (κ3) is 3.28. The summed E-state index contributed by atoms with van der Waals surface area (Å²) in [6.45, 7) is 6.00. The highest BCUT2D eigenvalue weighted by molar-refractivity contribution is 7.89. The summed E-state index contributed by atoms with van der Waals surface area (Å²) in [7, 11) is -3.48. The monoisotopic (exact) mass is 347 g/mol. The Morgan fingerprint density at radius 1 is 1.17 bits per heavy atom. The lowest BCUT2D eigenvalue weighted by atomic mass is 10.0. The molecule has 0 radical (unpaired) electrons. The molecular weight excluding hydrogens is 322 g/mol. The van der Waals surface area contributed by atoms with E-state index >= 15 is 0 Å². The maximum atomic E-state index is 13.2. The highest BCUT2D eigenvalue weighted by atomic mass is 32.2. The maximum absolute atomic E-state index is 13.2. The van der Waals surface area contributed by atoms with E-state index in [0.717, 1.165) is 35.8 Å². The molecule has 0 bridgehead atoms. The van der Waals surface area contributed by atoms with E-state index in [1.54, 1.807) is 16.4 Å². The van der Waals surface area contributed by atoms with Crippen molar-refractivity contribution in [1.29, 1.82) is 0 Å². The second kappa shape index (κ2) is 7.11. The molecule has 0 spiro atoms. The van der Waals surface area contributed by atoms with E-state index in [1.165, 1.54) is 0 Å². The van der Waals surface area contributed by atoms with Crippen LogP contribution in [0, 0.1) is 5.92 Å². The Balaban J connectivity index is 2.06. The molecule has 0 aromatic heterocycles. The number of sulfonamides is 1. The highest BCUT2D eigenvalue weighted by Crippen LogP contribution is 2.33. The summed E-state index contributed by atoms with van der Waals surface area (Å²) < 4.78 is 33.7. The fraction of sp³-hybridized carbons (Fsp3) is 0.474. The first-order chi connectivity index (χ1) is 11.5. The molecule has 130 valence electrons. The van der Waals surface area contributed by atoms with E-state index < -0.39 is 10.0 Å². The summed E-state index contributed by atoms with van der Waals surface area (Å²) in [5, 5.41) is 1.60. The largest absolute Gasteiger partial charge is 0.493 e. The van der Waals surface area contributed by atoms with Gasteiger partial charge in [-0.2, -0.15) is 4.31 Å². The van der Waals surface area contributed by atoms with Gasteiger partial charge in [0.2, 0.25) is 10.0 Å². The van der Waals surface area contributed by atoms with Gasteiger partial charge < -0.3 is 4.74 Å². The second-order valence-corrected chi connectivity index (χ2v) is 8.47. The first-order valence-electron chi connectivity index (χ1n) is 8.68. The normalized spacial score (nSPS) is 19.5. The predicted molar refractivity (Wildman–Crippen MR) is 96.9 cm³/mol. The fourth-order valence-corrected chi connectivity index (χ4v) is 5.10. The number of piperidine rings is 1. The van der Waals surface area contributed by atoms with E-state index in [9.17, 15) is 8.42 Å². The van der Waals surface area contributed by atoms with Gasteiger partial charge in [0.05, 0.1) is 11.5 Å². The number of benzene rings is 2. The van der Waals surface area contributed by atoms with Crippen molar-refractivity contribution in [3.63, 3.8) is 0 Å². The van der Waals surface area contributed by atoms with Crippen molar-refractivity contribution in [2.75, 3.05) is 19.7 Å². The minimum atomic E-state index is -3.48. The molecule has 1 aliphatic rings. The molecule has 2 aromatic rings. The Morgan fingerprint density at radius 3 is 2.62 bits per heavy atom. The molecule has 3 rings (SSSR count). The molecular formula is C19H25NO3S. The Morgan fingerprint density at radius 2 is 1.92 bits per heavy atom. The van der Waals surface area contributed by atoms with Crippen molar-refractivity contribution < 1.29 is 13.2 Å². The Bertz CT molecular complexity index is 816. The SMILES string of the molecule is CCCOc1ccc(S(=O)(=O)N2CCC[C@@H](C)C2)c2ccccc12. The van der Waals surface area contributed by atoms with Crippen LogP contribution in [-0.4, -0.2) is 32.4 Å². The molecule has 1 saturated heterocycles. The summed E-state index contributed by atoms with van der Waals surface area (Å²) in [4.78, 5) is 0.385.